The summed E-state index contributed by atoms with van der Waals surface area (Å²) in [5.74, 6) is -0.712. The number of carbonyl (C=O) groups is 2. The molecule has 1 unspecified atom stereocenters. The van der Waals surface area contributed by atoms with Crippen LogP contribution >= 0.6 is 0 Å². The van der Waals surface area contributed by atoms with Crippen LogP contribution in [0.5, 0.6) is 5.75 Å². The van der Waals surface area contributed by atoms with Crippen LogP contribution in [0.3, 0.4) is 0 Å². The average molecular weight is 412 g/mol. The van der Waals surface area contributed by atoms with E-state index in [2.05, 4.69) is 4.98 Å². The molecular weight excluding hydrogens is 384 g/mol. The highest BCUT2D eigenvalue weighted by Crippen LogP contribution is 2.38. The Balaban J connectivity index is 2.12. The van der Waals surface area contributed by atoms with Crippen LogP contribution in [-0.4, -0.2) is 39.1 Å². The fraction of sp³-hybridized carbons (Fsp3) is 0.409. The van der Waals surface area contributed by atoms with Gasteiger partial charge in [0.15, 0.2) is 0 Å². The molecule has 1 atom stereocenters. The van der Waals surface area contributed by atoms with Gasteiger partial charge in [-0.05, 0) is 63.8 Å². The first-order valence-electron chi connectivity index (χ1n) is 9.96. The van der Waals surface area contributed by atoms with Gasteiger partial charge in [0, 0.05) is 12.1 Å². The van der Waals surface area contributed by atoms with Crippen LogP contribution in [-0.2, 0) is 4.74 Å². The highest BCUT2D eigenvalue weighted by Gasteiger charge is 2.34. The normalized spacial score (nSPS) is 16.9. The van der Waals surface area contributed by atoms with Gasteiger partial charge in [-0.15, -0.1) is 0 Å². The van der Waals surface area contributed by atoms with Crippen molar-refractivity contribution >= 4 is 17.8 Å². The number of hydrogen-bond donors (Lipinski definition) is 3. The number of likely N-dealkylation sites (tertiary alicyclic amines) is 1. The molecule has 0 radical (unpaired) electrons. The quantitative estimate of drug-likeness (QED) is 0.706. The summed E-state index contributed by atoms with van der Waals surface area (Å²) in [6, 6.07) is 7.96. The third-order valence-electron chi connectivity index (χ3n) is 4.99. The fourth-order valence-electron chi connectivity index (χ4n) is 3.74. The van der Waals surface area contributed by atoms with Crippen molar-refractivity contribution in [3.8, 4) is 17.0 Å². The number of hydrogen-bond acceptors (Lipinski definition) is 6. The number of nitrogens with zero attached hydrogens (tertiary/aromatic N) is 2. The predicted molar refractivity (Wildman–Crippen MR) is 114 cm³/mol. The minimum absolute atomic E-state index is 0.0343. The highest BCUT2D eigenvalue weighted by atomic mass is 16.6. The number of aromatic hydroxyl groups is 1. The van der Waals surface area contributed by atoms with E-state index in [-0.39, 0.29) is 17.1 Å². The number of anilines is 1. The molecule has 0 aliphatic carbocycles. The van der Waals surface area contributed by atoms with Gasteiger partial charge < -0.3 is 26.2 Å². The minimum atomic E-state index is -0.714. The largest absolute Gasteiger partial charge is 0.507 e. The van der Waals surface area contributed by atoms with Crippen molar-refractivity contribution in [3.05, 3.63) is 41.5 Å². The van der Waals surface area contributed by atoms with Crippen LogP contribution in [0.4, 0.5) is 10.6 Å². The second-order valence-corrected chi connectivity index (χ2v) is 8.42. The SMILES string of the molecule is CC(C)(C)OC(=O)N1CCCCC1c1cc(-c2ccccc2O)nc(N)c1C(N)=O. The Labute approximate surface area is 175 Å². The van der Waals surface area contributed by atoms with Gasteiger partial charge in [-0.25, -0.2) is 9.78 Å². The Hall–Kier alpha value is -3.29. The number of carbonyl (C=O) groups excluding carboxylic acids is 2. The molecule has 1 aromatic carbocycles. The van der Waals surface area contributed by atoms with E-state index in [1.54, 1.807) is 56.0 Å². The summed E-state index contributed by atoms with van der Waals surface area (Å²) in [6.45, 7) is 5.91. The zero-order chi connectivity index (χ0) is 22.1. The molecule has 3 rings (SSSR count). The number of primary amides is 1. The number of piperidine rings is 1. The number of pyridine rings is 1. The van der Waals surface area contributed by atoms with Crippen molar-refractivity contribution in [3.63, 3.8) is 0 Å². The maximum Gasteiger partial charge on any atom is 0.410 e. The molecule has 8 heteroatoms. The molecule has 2 amide bonds. The van der Waals surface area contributed by atoms with Gasteiger partial charge in [0.2, 0.25) is 0 Å². The molecular formula is C22H28N4O4. The summed E-state index contributed by atoms with van der Waals surface area (Å²) >= 11 is 0. The number of para-hydroxylation sites is 1. The number of aromatic nitrogens is 1. The summed E-state index contributed by atoms with van der Waals surface area (Å²) in [7, 11) is 0. The van der Waals surface area contributed by atoms with Crippen LogP contribution in [0.15, 0.2) is 30.3 Å². The van der Waals surface area contributed by atoms with Gasteiger partial charge in [0.1, 0.15) is 17.2 Å². The standard InChI is InChI=1S/C22H28N4O4/c1-22(2,3)30-21(29)26-11-7-6-9-16(26)14-12-15(13-8-4-5-10-17(13)27)25-19(23)18(14)20(24)28/h4-5,8,10,12,16,27H,6-7,9,11H2,1-3H3,(H2,23,25)(H2,24,28). The summed E-state index contributed by atoms with van der Waals surface area (Å²) in [5, 5.41) is 10.2. The number of ether oxygens (including phenoxy) is 1. The zero-order valence-electron chi connectivity index (χ0n) is 17.5. The number of nitrogen functional groups attached to an aromatic ring is 1. The second-order valence-electron chi connectivity index (χ2n) is 8.42. The fourth-order valence-corrected chi connectivity index (χ4v) is 3.74. The summed E-state index contributed by atoms with van der Waals surface area (Å²) in [5.41, 5.74) is 12.6. The first kappa shape index (κ1) is 21.4. The van der Waals surface area contributed by atoms with Crippen LogP contribution in [0, 0.1) is 0 Å². The Kier molecular flexibility index (Phi) is 5.87. The predicted octanol–water partition coefficient (Wildman–Crippen LogP) is 3.60. The van der Waals surface area contributed by atoms with Crippen molar-refractivity contribution < 1.29 is 19.4 Å². The average Bonchev–Trinajstić information content (AvgIpc) is 2.66. The molecule has 160 valence electrons. The van der Waals surface area contributed by atoms with Gasteiger partial charge >= 0.3 is 6.09 Å². The smallest absolute Gasteiger partial charge is 0.410 e. The molecule has 2 heterocycles. The first-order valence-corrected chi connectivity index (χ1v) is 9.96. The van der Waals surface area contributed by atoms with Gasteiger partial charge in [-0.3, -0.25) is 4.79 Å². The zero-order valence-corrected chi connectivity index (χ0v) is 17.5. The van der Waals surface area contributed by atoms with E-state index in [0.717, 1.165) is 12.8 Å². The summed E-state index contributed by atoms with van der Waals surface area (Å²) in [6.07, 6.45) is 1.87. The van der Waals surface area contributed by atoms with Crippen molar-refractivity contribution in [1.29, 1.82) is 0 Å². The number of amides is 2. The van der Waals surface area contributed by atoms with E-state index in [9.17, 15) is 14.7 Å². The third-order valence-corrected chi connectivity index (χ3v) is 4.99. The van der Waals surface area contributed by atoms with Gasteiger partial charge in [0.25, 0.3) is 5.91 Å². The first-order chi connectivity index (χ1) is 14.1. The van der Waals surface area contributed by atoms with Crippen LogP contribution in [0.25, 0.3) is 11.3 Å². The minimum Gasteiger partial charge on any atom is -0.507 e. The molecule has 1 aliphatic rings. The van der Waals surface area contributed by atoms with Crippen LogP contribution < -0.4 is 11.5 Å². The second kappa shape index (κ2) is 8.22. The lowest BCUT2D eigenvalue weighted by atomic mass is 9.91. The molecule has 30 heavy (non-hydrogen) atoms. The van der Waals surface area contributed by atoms with E-state index >= 15 is 0 Å². The Morgan fingerprint density at radius 2 is 1.93 bits per heavy atom. The lowest BCUT2D eigenvalue weighted by molar-refractivity contribution is 0.00937. The molecule has 1 saturated heterocycles. The Morgan fingerprint density at radius 3 is 2.57 bits per heavy atom. The molecule has 0 spiro atoms. The van der Waals surface area contributed by atoms with Crippen molar-refractivity contribution in [2.75, 3.05) is 12.3 Å². The topological polar surface area (TPSA) is 132 Å². The van der Waals surface area contributed by atoms with Gasteiger partial charge in [0.05, 0.1) is 17.3 Å². The number of phenols is 1. The molecule has 0 bridgehead atoms. The number of rotatable bonds is 3. The van der Waals surface area contributed by atoms with Crippen LogP contribution in [0.2, 0.25) is 0 Å². The van der Waals surface area contributed by atoms with Gasteiger partial charge in [-0.1, -0.05) is 12.1 Å². The summed E-state index contributed by atoms with van der Waals surface area (Å²) < 4.78 is 5.58. The van der Waals surface area contributed by atoms with E-state index in [0.29, 0.717) is 29.8 Å². The monoisotopic (exact) mass is 412 g/mol. The third kappa shape index (κ3) is 4.48. The molecule has 8 nitrogen and oxygen atoms in total. The molecule has 0 saturated carbocycles. The van der Waals surface area contributed by atoms with Gasteiger partial charge in [-0.2, -0.15) is 0 Å². The molecule has 5 N–H and O–H groups in total. The number of phenolic OH excluding ortho intramolecular Hbond substituents is 1. The van der Waals surface area contributed by atoms with E-state index in [1.165, 1.54) is 0 Å². The lowest BCUT2D eigenvalue weighted by Gasteiger charge is -2.37. The molecule has 2 aromatic rings. The van der Waals surface area contributed by atoms with E-state index in [1.807, 2.05) is 0 Å². The van der Waals surface area contributed by atoms with Crippen LogP contribution in [0.1, 0.15) is 62.0 Å². The maximum atomic E-state index is 12.9. The molecule has 1 aliphatic heterocycles. The van der Waals surface area contributed by atoms with Crippen molar-refractivity contribution in [2.24, 2.45) is 5.73 Å². The molecule has 1 aromatic heterocycles. The Bertz CT molecular complexity index is 968. The maximum absolute atomic E-state index is 12.9. The lowest BCUT2D eigenvalue weighted by Crippen LogP contribution is -2.42. The number of nitrogens with two attached hydrogens (primary N) is 2. The Morgan fingerprint density at radius 1 is 1.23 bits per heavy atom. The highest BCUT2D eigenvalue weighted by molar-refractivity contribution is 5.99. The number of benzene rings is 1. The van der Waals surface area contributed by atoms with Crippen molar-refractivity contribution in [2.45, 2.75) is 51.7 Å². The van der Waals surface area contributed by atoms with E-state index in [4.69, 9.17) is 16.2 Å². The van der Waals surface area contributed by atoms with E-state index < -0.39 is 23.6 Å². The van der Waals surface area contributed by atoms with Crippen molar-refractivity contribution in [1.82, 2.24) is 9.88 Å². The molecule has 1 fully saturated rings. The summed E-state index contributed by atoms with van der Waals surface area (Å²) in [4.78, 5) is 31.0.